The van der Waals surface area contributed by atoms with Crippen LogP contribution in [0.4, 0.5) is 28.8 Å². The van der Waals surface area contributed by atoms with Gasteiger partial charge in [0, 0.05) is 63.0 Å². The average Bonchev–Trinajstić information content (AvgIpc) is 3.49. The van der Waals surface area contributed by atoms with Gasteiger partial charge in [0.2, 0.25) is 17.8 Å². The lowest BCUT2D eigenvalue weighted by Gasteiger charge is -2.37. The van der Waals surface area contributed by atoms with Crippen molar-refractivity contribution in [3.8, 4) is 5.75 Å². The summed E-state index contributed by atoms with van der Waals surface area (Å²) in [6.07, 6.45) is 1.91. The molecule has 7 rings (SSSR count). The Labute approximate surface area is 337 Å². The smallest absolute Gasteiger partial charge is 0.255 e. The van der Waals surface area contributed by atoms with Crippen LogP contribution >= 0.6 is 11.6 Å². The lowest BCUT2D eigenvalue weighted by Crippen LogP contribution is -2.52. The highest BCUT2D eigenvalue weighted by Crippen LogP contribution is 2.37. The largest absolute Gasteiger partial charge is 0.489 e. The van der Waals surface area contributed by atoms with E-state index in [9.17, 15) is 22.8 Å². The van der Waals surface area contributed by atoms with Gasteiger partial charge in [-0.05, 0) is 82.0 Å². The van der Waals surface area contributed by atoms with E-state index in [4.69, 9.17) is 16.3 Å². The molecule has 0 aliphatic carbocycles. The number of imide groups is 1. The van der Waals surface area contributed by atoms with Crippen molar-refractivity contribution in [3.05, 3.63) is 88.1 Å². The number of carbonyl (C=O) groups excluding carboxylic acids is 3. The second-order valence-electron chi connectivity index (χ2n) is 15.2. The van der Waals surface area contributed by atoms with Crippen LogP contribution < -0.4 is 25.6 Å². The number of piperazine rings is 1. The third-order valence-electron chi connectivity index (χ3n) is 10.4. The normalized spacial score (nSPS) is 17.6. The van der Waals surface area contributed by atoms with Crippen LogP contribution in [0.15, 0.2) is 65.7 Å². The van der Waals surface area contributed by atoms with Crippen LogP contribution in [0.1, 0.15) is 67.6 Å². The Morgan fingerprint density at radius 1 is 0.965 bits per heavy atom. The number of amides is 3. The van der Waals surface area contributed by atoms with E-state index in [1.54, 1.807) is 43.0 Å². The molecule has 1 atom stereocenters. The molecular weight excluding hydrogens is 768 g/mol. The minimum absolute atomic E-state index is 0.112. The lowest BCUT2D eigenvalue weighted by atomic mass is 10.0. The van der Waals surface area contributed by atoms with E-state index in [1.165, 1.54) is 6.20 Å². The maximum Gasteiger partial charge on any atom is 0.255 e. The van der Waals surface area contributed by atoms with Crippen molar-refractivity contribution < 1.29 is 27.5 Å². The van der Waals surface area contributed by atoms with Gasteiger partial charge in [0.05, 0.1) is 33.8 Å². The number of nitrogens with one attached hydrogen (secondary N) is 3. The van der Waals surface area contributed by atoms with Crippen LogP contribution in [-0.4, -0.2) is 89.5 Å². The second kappa shape index (κ2) is 16.3. The predicted octanol–water partition coefficient (Wildman–Crippen LogP) is 5.98. The predicted molar refractivity (Wildman–Crippen MR) is 219 cm³/mol. The second-order valence-corrected chi connectivity index (χ2v) is 18.1. The molecule has 0 spiro atoms. The van der Waals surface area contributed by atoms with E-state index in [1.807, 2.05) is 38.1 Å². The fourth-order valence-corrected chi connectivity index (χ4v) is 8.77. The number of anilines is 5. The Morgan fingerprint density at radius 3 is 2.44 bits per heavy atom. The number of hydrogen-bond acceptors (Lipinski definition) is 12. The zero-order valence-electron chi connectivity index (χ0n) is 32.6. The van der Waals surface area contributed by atoms with Gasteiger partial charge in [0.25, 0.3) is 5.91 Å². The number of carbonyl (C=O) groups is 3. The highest BCUT2D eigenvalue weighted by molar-refractivity contribution is 7.92. The van der Waals surface area contributed by atoms with Crippen molar-refractivity contribution in [2.75, 3.05) is 41.7 Å². The number of para-hydroxylation sites is 1. The van der Waals surface area contributed by atoms with Crippen LogP contribution in [-0.2, 0) is 32.5 Å². The van der Waals surface area contributed by atoms with E-state index in [0.29, 0.717) is 35.7 Å². The summed E-state index contributed by atoms with van der Waals surface area (Å²) in [4.78, 5) is 52.8. The van der Waals surface area contributed by atoms with Gasteiger partial charge in [-0.1, -0.05) is 35.9 Å². The van der Waals surface area contributed by atoms with Gasteiger partial charge >= 0.3 is 0 Å². The van der Waals surface area contributed by atoms with Crippen LogP contribution in [0.2, 0.25) is 5.02 Å². The number of ether oxygens (including phenoxy) is 1. The Balaban J connectivity index is 1.02. The Hall–Kier alpha value is -5.25. The summed E-state index contributed by atoms with van der Waals surface area (Å²) in [6, 6.07) is 16.0. The van der Waals surface area contributed by atoms with E-state index < -0.39 is 27.0 Å². The summed E-state index contributed by atoms with van der Waals surface area (Å²) >= 11 is 6.50. The number of hydrogen-bond donors (Lipinski definition) is 3. The number of fused-ring (bicyclic) bond motifs is 1. The number of rotatable bonds is 12. The van der Waals surface area contributed by atoms with Crippen LogP contribution in [0, 0.1) is 6.92 Å². The van der Waals surface area contributed by atoms with Gasteiger partial charge in [-0.25, -0.2) is 13.4 Å². The number of halogens is 1. The number of aryl methyl sites for hydroxylation is 1. The molecule has 2 fully saturated rings. The zero-order chi connectivity index (χ0) is 40.6. The lowest BCUT2D eigenvalue weighted by molar-refractivity contribution is -0.136. The fourth-order valence-electron chi connectivity index (χ4n) is 7.43. The quantitative estimate of drug-likeness (QED) is 0.144. The first-order valence-electron chi connectivity index (χ1n) is 19.1. The summed E-state index contributed by atoms with van der Waals surface area (Å²) in [5.41, 5.74) is 5.75. The minimum atomic E-state index is -3.58. The number of benzene rings is 3. The Bertz CT molecular complexity index is 2330. The van der Waals surface area contributed by atoms with E-state index >= 15 is 0 Å². The molecule has 1 aromatic heterocycles. The molecule has 3 aromatic carbocycles. The van der Waals surface area contributed by atoms with E-state index in [-0.39, 0.29) is 46.0 Å². The van der Waals surface area contributed by atoms with Crippen LogP contribution in [0.25, 0.3) is 0 Å². The first-order chi connectivity index (χ1) is 27.2. The van der Waals surface area contributed by atoms with Crippen molar-refractivity contribution >= 4 is 68.0 Å². The summed E-state index contributed by atoms with van der Waals surface area (Å²) in [7, 11) is -3.58. The van der Waals surface area contributed by atoms with Gasteiger partial charge in [0.1, 0.15) is 16.8 Å². The molecule has 4 heterocycles. The fraction of sp³-hybridized carbons (Fsp3) is 0.390. The van der Waals surface area contributed by atoms with Crippen molar-refractivity contribution in [2.24, 2.45) is 0 Å². The van der Waals surface area contributed by atoms with Gasteiger partial charge in [-0.2, -0.15) is 4.98 Å². The SMILES string of the molecule is Cc1cc(Nc2ncc(Cl)c(Nc3ccccc3S(=O)(=O)C(C)C)n2)c(OC(C)C)cc1N1CCN(Cc2ccc3c(c2)CN(C2CCC(=O)NC2=O)C3=O)CC1. The number of piperidine rings is 1. The molecule has 4 aromatic rings. The number of aromatic nitrogens is 2. The molecule has 3 N–H and O–H groups in total. The maximum atomic E-state index is 13.2. The topological polar surface area (TPSA) is 166 Å². The average molecular weight is 815 g/mol. The molecule has 0 bridgehead atoms. The molecule has 300 valence electrons. The van der Waals surface area contributed by atoms with Crippen molar-refractivity contribution in [2.45, 2.75) is 82.8 Å². The molecule has 1 unspecified atom stereocenters. The molecule has 0 saturated carbocycles. The third-order valence-corrected chi connectivity index (χ3v) is 12.9. The molecule has 57 heavy (non-hydrogen) atoms. The van der Waals surface area contributed by atoms with Crippen molar-refractivity contribution in [3.63, 3.8) is 0 Å². The molecule has 3 amide bonds. The highest BCUT2D eigenvalue weighted by Gasteiger charge is 2.39. The third kappa shape index (κ3) is 8.55. The molecule has 16 heteroatoms. The summed E-state index contributed by atoms with van der Waals surface area (Å²) < 4.78 is 32.4. The Morgan fingerprint density at radius 2 is 1.72 bits per heavy atom. The van der Waals surface area contributed by atoms with Crippen LogP contribution in [0.5, 0.6) is 5.75 Å². The molecule has 3 aliphatic heterocycles. The minimum Gasteiger partial charge on any atom is -0.489 e. The van der Waals surface area contributed by atoms with Gasteiger partial charge in [-0.3, -0.25) is 24.6 Å². The molecule has 3 aliphatic rings. The monoisotopic (exact) mass is 814 g/mol. The number of sulfone groups is 1. The summed E-state index contributed by atoms with van der Waals surface area (Å²) in [5, 5.41) is 8.38. The standard InChI is InChI=1S/C41H47ClN8O6S/c1-24(2)56-35-20-34(26(5)18-32(35)45-41-43-21-30(42)38(47-41)44-31-8-6-7-9-36(31)57(54,55)25(3)4)49-16-14-48(15-17-49)22-27-10-11-29-28(19-27)23-50(40(29)53)33-12-13-37(51)46-39(33)52/h6-11,18-21,24-25,33H,12-17,22-23H2,1-5H3,(H,46,51,52)(H2,43,44,45,47). The Kier molecular flexibility index (Phi) is 11.4. The van der Waals surface area contributed by atoms with Crippen LogP contribution in [0.3, 0.4) is 0 Å². The maximum absolute atomic E-state index is 13.2. The van der Waals surface area contributed by atoms with E-state index in [0.717, 1.165) is 55.1 Å². The number of nitrogens with zero attached hydrogens (tertiary/aromatic N) is 5. The van der Waals surface area contributed by atoms with Crippen molar-refractivity contribution in [1.82, 2.24) is 25.1 Å². The summed E-state index contributed by atoms with van der Waals surface area (Å²) in [6.45, 7) is 13.6. The van der Waals surface area contributed by atoms with Gasteiger partial charge in [-0.15, -0.1) is 0 Å². The zero-order valence-corrected chi connectivity index (χ0v) is 34.2. The van der Waals surface area contributed by atoms with Gasteiger partial charge < -0.3 is 25.2 Å². The van der Waals surface area contributed by atoms with E-state index in [2.05, 4.69) is 48.7 Å². The van der Waals surface area contributed by atoms with Gasteiger partial charge in [0.15, 0.2) is 15.7 Å². The molecule has 14 nitrogen and oxygen atoms in total. The first kappa shape index (κ1) is 40.0. The van der Waals surface area contributed by atoms with Crippen molar-refractivity contribution in [1.29, 1.82) is 0 Å². The first-order valence-corrected chi connectivity index (χ1v) is 21.0. The molecule has 2 saturated heterocycles. The highest BCUT2D eigenvalue weighted by atomic mass is 35.5. The molecular formula is C41H47ClN8O6S. The molecule has 0 radical (unpaired) electrons. The summed E-state index contributed by atoms with van der Waals surface area (Å²) in [5.74, 6) is 0.258.